The summed E-state index contributed by atoms with van der Waals surface area (Å²) in [7, 11) is 3.82. The topological polar surface area (TPSA) is 3.24 Å². The van der Waals surface area contributed by atoms with Gasteiger partial charge in [0.2, 0.25) is 0 Å². The Bertz CT molecular complexity index is 121. The molecule has 2 fully saturated rings. The van der Waals surface area contributed by atoms with Crippen molar-refractivity contribution in [3.8, 4) is 0 Å². The third kappa shape index (κ3) is 1.74. The molecule has 0 aromatic rings. The molecule has 0 saturated heterocycles. The van der Waals surface area contributed by atoms with E-state index in [2.05, 4.69) is 15.0 Å². The molecule has 0 aliphatic heterocycles. The Labute approximate surface area is 79.0 Å². The maximum Gasteiger partial charge on any atom is 0.144 e. The van der Waals surface area contributed by atoms with Gasteiger partial charge in [-0.25, -0.2) is 0 Å². The lowest BCUT2D eigenvalue weighted by Crippen LogP contribution is -2.38. The molecule has 0 atom stereocenters. The van der Waals surface area contributed by atoms with Crippen LogP contribution in [0.2, 0.25) is 0 Å². The van der Waals surface area contributed by atoms with E-state index in [4.69, 9.17) is 0 Å². The van der Waals surface area contributed by atoms with E-state index in [0.29, 0.717) is 0 Å². The maximum absolute atomic E-state index is 3.82. The molecule has 2 rings (SSSR count). The monoisotopic (exact) mass is 180 g/mol. The van der Waals surface area contributed by atoms with Gasteiger partial charge in [0.15, 0.2) is 0 Å². The van der Waals surface area contributed by atoms with E-state index in [1.165, 1.54) is 51.4 Å². The molecule has 0 bridgehead atoms. The molecule has 1 nitrogen and oxygen atoms in total. The highest BCUT2D eigenvalue weighted by Crippen LogP contribution is 2.29. The van der Waals surface area contributed by atoms with Crippen molar-refractivity contribution < 1.29 is 0 Å². The lowest BCUT2D eigenvalue weighted by molar-refractivity contribution is 0.263. The molecule has 67 valence electrons. The molecule has 2 aliphatic rings. The quantitative estimate of drug-likeness (QED) is 0.589. The van der Waals surface area contributed by atoms with Crippen molar-refractivity contribution in [2.75, 3.05) is 0 Å². The summed E-state index contributed by atoms with van der Waals surface area (Å²) in [6.45, 7) is 0. The first-order valence-corrected chi connectivity index (χ1v) is 5.82. The van der Waals surface area contributed by atoms with Crippen LogP contribution in [-0.2, 0) is 0 Å². The summed E-state index contributed by atoms with van der Waals surface area (Å²) >= 11 is 0. The predicted octanol–water partition coefficient (Wildman–Crippen LogP) is 2.26. The summed E-state index contributed by atoms with van der Waals surface area (Å²) in [4.78, 5) is 0. The van der Waals surface area contributed by atoms with Gasteiger partial charge in [0.25, 0.3) is 0 Å². The fourth-order valence-corrected chi connectivity index (χ4v) is 3.18. The zero-order chi connectivity index (χ0) is 8.39. The number of rotatable bonds is 2. The molecule has 0 heterocycles. The van der Waals surface area contributed by atoms with Gasteiger partial charge in [0, 0.05) is 12.1 Å². The highest BCUT2D eigenvalue weighted by molar-refractivity contribution is 6.04. The molecule has 0 N–H and O–H groups in total. The van der Waals surface area contributed by atoms with Crippen molar-refractivity contribution >= 4 is 10.4 Å². The predicted molar refractivity (Wildman–Crippen MR) is 52.1 cm³/mol. The van der Waals surface area contributed by atoms with E-state index in [0.717, 1.165) is 12.1 Å². The van der Waals surface area contributed by atoms with Crippen LogP contribution in [0.1, 0.15) is 51.4 Å². The normalized spacial score (nSPS) is 27.5. The van der Waals surface area contributed by atoms with Gasteiger partial charge in [-0.2, -0.15) is 0 Å². The third-order valence-electron chi connectivity index (χ3n) is 3.44. The third-order valence-corrected chi connectivity index (χ3v) is 4.17. The van der Waals surface area contributed by atoms with E-state index in [-0.39, 0.29) is 0 Å². The minimum absolute atomic E-state index is 0.852. The lowest BCUT2D eigenvalue weighted by atomic mass is 10.2. The average Bonchev–Trinajstić information content (AvgIpc) is 2.77. The second kappa shape index (κ2) is 3.92. The summed E-state index contributed by atoms with van der Waals surface area (Å²) in [6, 6.07) is 1.70. The van der Waals surface area contributed by atoms with Gasteiger partial charge in [-0.05, 0) is 25.7 Å². The van der Waals surface area contributed by atoms with E-state index < -0.39 is 0 Å². The van der Waals surface area contributed by atoms with Gasteiger partial charge >= 0.3 is 0 Å². The van der Waals surface area contributed by atoms with Crippen LogP contribution in [0, 0.1) is 0 Å². The highest BCUT2D eigenvalue weighted by atomic mass is 28.2. The van der Waals surface area contributed by atoms with Crippen molar-refractivity contribution in [1.82, 2.24) is 4.57 Å². The molecule has 0 unspecified atom stereocenters. The molecular weight excluding hydrogens is 162 g/mol. The van der Waals surface area contributed by atoms with Crippen LogP contribution >= 0.6 is 0 Å². The van der Waals surface area contributed by atoms with Crippen molar-refractivity contribution in [3.05, 3.63) is 0 Å². The van der Waals surface area contributed by atoms with Crippen LogP contribution in [0.5, 0.6) is 0 Å². The molecular formula is C10H18NSi. The zero-order valence-electron chi connectivity index (χ0n) is 7.76. The van der Waals surface area contributed by atoms with E-state index in [1.807, 2.05) is 0 Å². The maximum atomic E-state index is 3.82. The molecule has 0 aromatic heterocycles. The summed E-state index contributed by atoms with van der Waals surface area (Å²) in [5.41, 5.74) is 0. The second-order valence-corrected chi connectivity index (χ2v) is 4.80. The highest BCUT2D eigenvalue weighted by Gasteiger charge is 2.27. The van der Waals surface area contributed by atoms with Crippen LogP contribution in [0.25, 0.3) is 0 Å². The molecule has 0 amide bonds. The van der Waals surface area contributed by atoms with E-state index in [9.17, 15) is 0 Å². The first-order chi connectivity index (χ1) is 5.88. The Morgan fingerprint density at radius 2 is 1.08 bits per heavy atom. The average molecular weight is 180 g/mol. The van der Waals surface area contributed by atoms with Crippen molar-refractivity contribution in [2.45, 2.75) is 63.5 Å². The smallest absolute Gasteiger partial charge is 0.144 e. The molecule has 0 aromatic carbocycles. The molecule has 2 aliphatic carbocycles. The molecule has 0 spiro atoms. The van der Waals surface area contributed by atoms with Crippen LogP contribution in [0.4, 0.5) is 0 Å². The van der Waals surface area contributed by atoms with Crippen molar-refractivity contribution in [3.63, 3.8) is 0 Å². The van der Waals surface area contributed by atoms with E-state index >= 15 is 0 Å². The molecule has 3 radical (unpaired) electrons. The number of hydrogen-bond donors (Lipinski definition) is 0. The van der Waals surface area contributed by atoms with Gasteiger partial charge in [-0.15, -0.1) is 0 Å². The first-order valence-electron chi connectivity index (χ1n) is 5.37. The zero-order valence-corrected chi connectivity index (χ0v) is 8.76. The Kier molecular flexibility index (Phi) is 2.86. The van der Waals surface area contributed by atoms with Crippen LogP contribution in [-0.4, -0.2) is 27.1 Å². The fraction of sp³-hybridized carbons (Fsp3) is 1.00. The second-order valence-electron chi connectivity index (χ2n) is 4.28. The Hall–Kier alpha value is 0.177. The number of hydrogen-bond acceptors (Lipinski definition) is 1. The Morgan fingerprint density at radius 1 is 0.750 bits per heavy atom. The van der Waals surface area contributed by atoms with Crippen LogP contribution in [0.3, 0.4) is 0 Å². The van der Waals surface area contributed by atoms with Gasteiger partial charge in [-0.1, -0.05) is 25.7 Å². The summed E-state index contributed by atoms with van der Waals surface area (Å²) in [5.74, 6) is 0. The van der Waals surface area contributed by atoms with Gasteiger partial charge in [0.1, 0.15) is 10.4 Å². The van der Waals surface area contributed by atoms with E-state index in [1.54, 1.807) is 0 Å². The van der Waals surface area contributed by atoms with Crippen LogP contribution in [0.15, 0.2) is 0 Å². The molecule has 12 heavy (non-hydrogen) atoms. The number of nitrogens with zero attached hydrogens (tertiary/aromatic N) is 1. The van der Waals surface area contributed by atoms with Crippen LogP contribution < -0.4 is 0 Å². The van der Waals surface area contributed by atoms with Crippen molar-refractivity contribution in [2.24, 2.45) is 0 Å². The summed E-state index contributed by atoms with van der Waals surface area (Å²) in [6.07, 6.45) is 11.4. The fourth-order valence-electron chi connectivity index (χ4n) is 2.66. The molecule has 2 heteroatoms. The standard InChI is InChI=1S/C10H18NSi/c12-11(9-5-1-2-6-9)10-7-3-4-8-10/h9-10H,1-8H2. The summed E-state index contributed by atoms with van der Waals surface area (Å²) in [5, 5.41) is 0. The largest absolute Gasteiger partial charge is 0.321 e. The van der Waals surface area contributed by atoms with Gasteiger partial charge in [-0.3, -0.25) is 0 Å². The minimum atomic E-state index is 0.852. The van der Waals surface area contributed by atoms with Gasteiger partial charge < -0.3 is 4.57 Å². The van der Waals surface area contributed by atoms with Crippen molar-refractivity contribution in [1.29, 1.82) is 0 Å². The summed E-state index contributed by atoms with van der Waals surface area (Å²) < 4.78 is 2.49. The molecule has 2 saturated carbocycles. The SMILES string of the molecule is [Si]N(C1CCCC1)C1CCCC1. The Balaban J connectivity index is 1.84. The first kappa shape index (κ1) is 8.76. The van der Waals surface area contributed by atoms with Gasteiger partial charge in [0.05, 0.1) is 0 Å². The minimum Gasteiger partial charge on any atom is -0.321 e. The lowest BCUT2D eigenvalue weighted by Gasteiger charge is -2.30. The Morgan fingerprint density at radius 3 is 1.42 bits per heavy atom.